The molecule has 0 radical (unpaired) electrons. The fourth-order valence-electron chi connectivity index (χ4n) is 10.3. The number of nitrogens with zero attached hydrogens (tertiary/aromatic N) is 3. The number of unbranched alkanes of at least 4 members (excludes halogenated alkanes) is 2. The van der Waals surface area contributed by atoms with Crippen LogP contribution in [0.5, 0.6) is 28.7 Å². The molecule has 4 aliphatic rings. The number of nitro benzene ring substituents is 1. The van der Waals surface area contributed by atoms with Crippen LogP contribution in [0.1, 0.15) is 85.6 Å². The summed E-state index contributed by atoms with van der Waals surface area (Å²) in [5.74, 6) is 0.482. The minimum Gasteiger partial charge on any atom is -0.459 e. The van der Waals surface area contributed by atoms with Gasteiger partial charge in [-0.25, -0.2) is 0 Å². The molecule has 14 heteroatoms. The highest BCUT2D eigenvalue weighted by atomic mass is 16.7. The molecule has 14 nitrogen and oxygen atoms in total. The van der Waals surface area contributed by atoms with Crippen LogP contribution < -0.4 is 18.9 Å². The molecule has 0 saturated heterocycles. The summed E-state index contributed by atoms with van der Waals surface area (Å²) >= 11 is 0. The maximum absolute atomic E-state index is 15.2. The number of non-ortho nitro benzene ring substituents is 1. The molecule has 8 rings (SSSR count). The summed E-state index contributed by atoms with van der Waals surface area (Å²) in [5, 5.41) is 36.3. The molecule has 1 fully saturated rings. The Balaban J connectivity index is 1.33. The van der Waals surface area contributed by atoms with Gasteiger partial charge in [0.25, 0.3) is 5.69 Å². The smallest absolute Gasteiger partial charge is 0.269 e. The van der Waals surface area contributed by atoms with Crippen molar-refractivity contribution in [1.82, 2.24) is 4.90 Å². The van der Waals surface area contributed by atoms with Crippen molar-refractivity contribution in [1.29, 1.82) is 0 Å². The van der Waals surface area contributed by atoms with Crippen molar-refractivity contribution in [3.05, 3.63) is 147 Å². The number of carbonyl (C=O) groups excluding carboxylic acids is 1. The van der Waals surface area contributed by atoms with Crippen molar-refractivity contribution in [2.75, 3.05) is 33.2 Å². The van der Waals surface area contributed by atoms with Gasteiger partial charge in [0.2, 0.25) is 18.5 Å². The van der Waals surface area contributed by atoms with Crippen LogP contribution in [0, 0.1) is 41.7 Å². The topological polar surface area (TPSA) is 172 Å². The van der Waals surface area contributed by atoms with E-state index in [2.05, 4.69) is 32.6 Å². The number of amides is 1. The number of aliphatic hydroxyl groups is 2. The maximum Gasteiger partial charge on any atom is 0.269 e. The molecule has 6 atom stereocenters. The van der Waals surface area contributed by atoms with E-state index in [-0.39, 0.29) is 68.9 Å². The van der Waals surface area contributed by atoms with Crippen LogP contribution in [0.2, 0.25) is 0 Å². The van der Waals surface area contributed by atoms with Gasteiger partial charge in [0, 0.05) is 55.9 Å². The van der Waals surface area contributed by atoms with Gasteiger partial charge in [-0.15, -0.1) is 6.58 Å². The van der Waals surface area contributed by atoms with Gasteiger partial charge < -0.3 is 43.6 Å². The number of allylic oxidation sites excluding steroid dienone is 1. The molecule has 6 unspecified atom stereocenters. The second-order valence-electron chi connectivity index (χ2n) is 17.9. The van der Waals surface area contributed by atoms with Crippen molar-refractivity contribution in [2.45, 2.75) is 90.0 Å². The molecule has 2 N–H and O–H groups in total. The van der Waals surface area contributed by atoms with E-state index in [9.17, 15) is 20.3 Å². The predicted molar refractivity (Wildman–Crippen MR) is 258 cm³/mol. The lowest BCUT2D eigenvalue weighted by molar-refractivity contribution is -0.384. The number of aliphatic hydroxyl groups excluding tert-OH is 2. The lowest BCUT2D eigenvalue weighted by Crippen LogP contribution is -2.70. The van der Waals surface area contributed by atoms with E-state index in [0.29, 0.717) is 59.5 Å². The molecule has 358 valence electrons. The molecular formula is C54H61N3O11. The number of aryl methyl sites for hydroxylation is 2. The van der Waals surface area contributed by atoms with Gasteiger partial charge >= 0.3 is 0 Å². The summed E-state index contributed by atoms with van der Waals surface area (Å²) in [6, 6.07) is 22.7. The minimum absolute atomic E-state index is 0.00681. The first-order chi connectivity index (χ1) is 33.1. The van der Waals surface area contributed by atoms with Crippen LogP contribution in [-0.4, -0.2) is 76.7 Å². The van der Waals surface area contributed by atoms with Crippen molar-refractivity contribution in [2.24, 2.45) is 22.9 Å². The van der Waals surface area contributed by atoms with Gasteiger partial charge in [-0.05, 0) is 147 Å². The summed E-state index contributed by atoms with van der Waals surface area (Å²) in [4.78, 5) is 33.9. The average molecular weight is 928 g/mol. The number of hydrogen-bond donors (Lipinski definition) is 2. The molecule has 2 heterocycles. The SMILES string of the molecule is C=CCOC12Oc3ccc(Oc4ccc(C)c(C)c4)cc3C3C(CCCCO)C(CCCCO)C=C(C(=NOCC)CC1N(Cc1ccc4c(c1)OCO4)C(=O)C=Cc1ccc([N+](=O)[O-])cc1)C32. The van der Waals surface area contributed by atoms with Gasteiger partial charge in [-0.3, -0.25) is 14.9 Å². The van der Waals surface area contributed by atoms with Gasteiger partial charge in [0.05, 0.1) is 23.2 Å². The van der Waals surface area contributed by atoms with Gasteiger partial charge in [0.1, 0.15) is 29.9 Å². The molecule has 2 aliphatic carbocycles. The van der Waals surface area contributed by atoms with Crippen LogP contribution in [-0.2, 0) is 20.9 Å². The highest BCUT2D eigenvalue weighted by Gasteiger charge is 2.65. The van der Waals surface area contributed by atoms with Gasteiger partial charge in [0.15, 0.2) is 11.5 Å². The second-order valence-corrected chi connectivity index (χ2v) is 17.9. The summed E-state index contributed by atoms with van der Waals surface area (Å²) in [7, 11) is 0. The average Bonchev–Trinajstić information content (AvgIpc) is 3.82. The van der Waals surface area contributed by atoms with Crippen LogP contribution in [0.25, 0.3) is 6.08 Å². The van der Waals surface area contributed by atoms with Crippen molar-refractivity contribution < 1.29 is 48.5 Å². The zero-order valence-electron chi connectivity index (χ0n) is 39.0. The molecule has 1 saturated carbocycles. The highest BCUT2D eigenvalue weighted by molar-refractivity contribution is 6.03. The Kier molecular flexibility index (Phi) is 15.3. The third-order valence-corrected chi connectivity index (χ3v) is 13.6. The molecule has 1 amide bonds. The number of ether oxygens (including phenoxy) is 5. The van der Waals surface area contributed by atoms with Crippen molar-refractivity contribution in [3.8, 4) is 28.7 Å². The Bertz CT molecular complexity index is 2560. The molecule has 4 aromatic rings. The van der Waals surface area contributed by atoms with E-state index >= 15 is 4.79 Å². The Labute approximate surface area is 397 Å². The quantitative estimate of drug-likeness (QED) is 0.0268. The molecular weight excluding hydrogens is 867 g/mol. The minimum atomic E-state index is -1.52. The molecule has 68 heavy (non-hydrogen) atoms. The Morgan fingerprint density at radius 2 is 1.66 bits per heavy atom. The number of rotatable bonds is 21. The second kappa shape index (κ2) is 21.6. The normalized spacial score (nSPS) is 22.8. The monoisotopic (exact) mass is 927 g/mol. The largest absolute Gasteiger partial charge is 0.459 e. The summed E-state index contributed by atoms with van der Waals surface area (Å²) in [5.41, 5.74) is 6.11. The van der Waals surface area contributed by atoms with Gasteiger partial charge in [-0.2, -0.15) is 0 Å². The van der Waals surface area contributed by atoms with E-state index in [1.807, 2.05) is 55.5 Å². The molecule has 0 bridgehead atoms. The van der Waals surface area contributed by atoms with E-state index in [0.717, 1.165) is 53.5 Å². The van der Waals surface area contributed by atoms with Crippen LogP contribution >= 0.6 is 0 Å². The number of fused-ring (bicyclic) bond motifs is 3. The van der Waals surface area contributed by atoms with E-state index < -0.39 is 22.7 Å². The number of carbonyl (C=O) groups is 1. The van der Waals surface area contributed by atoms with Crippen LogP contribution in [0.15, 0.2) is 114 Å². The van der Waals surface area contributed by atoms with Crippen LogP contribution in [0.3, 0.4) is 0 Å². The Morgan fingerprint density at radius 1 is 0.926 bits per heavy atom. The van der Waals surface area contributed by atoms with E-state index in [1.165, 1.54) is 18.2 Å². The Morgan fingerprint density at radius 3 is 2.40 bits per heavy atom. The predicted octanol–water partition coefficient (Wildman–Crippen LogP) is 10.1. The van der Waals surface area contributed by atoms with Crippen LogP contribution in [0.4, 0.5) is 5.69 Å². The van der Waals surface area contributed by atoms with E-state index in [4.69, 9.17) is 33.7 Å². The fraction of sp³-hybridized carbons (Fsp3) is 0.407. The number of oxime groups is 1. The van der Waals surface area contributed by atoms with Crippen molar-refractivity contribution in [3.63, 3.8) is 0 Å². The van der Waals surface area contributed by atoms with Gasteiger partial charge in [-0.1, -0.05) is 42.3 Å². The fourth-order valence-corrected chi connectivity index (χ4v) is 10.3. The van der Waals surface area contributed by atoms with Crippen molar-refractivity contribution >= 4 is 23.4 Å². The zero-order chi connectivity index (χ0) is 47.8. The first-order valence-corrected chi connectivity index (χ1v) is 23.6. The number of hydrogen-bond acceptors (Lipinski definition) is 12. The first-order valence-electron chi connectivity index (χ1n) is 23.6. The summed E-state index contributed by atoms with van der Waals surface area (Å²) in [6.07, 6.45) is 11.7. The third-order valence-electron chi connectivity index (χ3n) is 13.6. The molecule has 4 aromatic carbocycles. The summed E-state index contributed by atoms with van der Waals surface area (Å²) < 4.78 is 32.7. The molecule has 0 aromatic heterocycles. The van der Waals surface area contributed by atoms with E-state index in [1.54, 1.807) is 29.2 Å². The number of benzene rings is 4. The highest BCUT2D eigenvalue weighted by Crippen LogP contribution is 2.62. The first kappa shape index (κ1) is 48.0. The lowest BCUT2D eigenvalue weighted by atomic mass is 9.55. The molecule has 2 aliphatic heterocycles. The summed E-state index contributed by atoms with van der Waals surface area (Å²) in [6.45, 7) is 10.8. The third kappa shape index (κ3) is 10.2. The zero-order valence-corrected chi connectivity index (χ0v) is 39.0. The lowest BCUT2D eigenvalue weighted by Gasteiger charge is -2.60. The number of nitro groups is 1. The standard InChI is InChI=1S/C54H61N3O11/c1-5-27-65-54-50(56(33-38-16-22-48-49(29-38)64-34-63-48)51(60)24-17-37-14-18-40(19-15-37)57(61)62)32-46(55-66-6-2)44-30-39(11-7-9-25-58)43(12-8-10-26-59)52(53(44)54)45-31-42(21-23-47(45)68-54)67-41-20-13-35(3)36(4)28-41/h5,13-24,28-31,39,43,50,52-53,58-59H,1,6-12,25-27,32-34H2,2-4H3. The Hall–Kier alpha value is -6.48. The molecule has 0 spiro atoms. The maximum atomic E-state index is 15.2.